The van der Waals surface area contributed by atoms with Crippen LogP contribution in [0.25, 0.3) is 11.4 Å². The number of fused-ring (bicyclic) bond motifs is 1. The SMILES string of the molecule is Cn1c(SCc2cc([N+](=O)[O-])cc3c2OCOC3)nnc1-c1ccc(Cl)cc1. The maximum Gasteiger partial charge on any atom is 0.270 e. The fraction of sp³-hybridized carbons (Fsp3) is 0.222. The van der Waals surface area contributed by atoms with Gasteiger partial charge in [0.05, 0.1) is 11.5 Å². The molecule has 1 aliphatic rings. The summed E-state index contributed by atoms with van der Waals surface area (Å²) in [7, 11) is 1.87. The molecule has 0 N–H and O–H groups in total. The smallest absolute Gasteiger partial charge is 0.270 e. The van der Waals surface area contributed by atoms with Gasteiger partial charge in [0.25, 0.3) is 5.69 Å². The van der Waals surface area contributed by atoms with Crippen LogP contribution in [-0.2, 0) is 24.1 Å². The molecule has 0 atom stereocenters. The molecule has 4 rings (SSSR count). The van der Waals surface area contributed by atoms with Crippen LogP contribution in [0.2, 0.25) is 5.02 Å². The van der Waals surface area contributed by atoms with Crippen LogP contribution in [0.15, 0.2) is 41.6 Å². The van der Waals surface area contributed by atoms with Gasteiger partial charge in [0.15, 0.2) is 17.8 Å². The first-order valence-electron chi connectivity index (χ1n) is 8.32. The summed E-state index contributed by atoms with van der Waals surface area (Å²) in [6, 6.07) is 10.4. The fourth-order valence-electron chi connectivity index (χ4n) is 2.93. The lowest BCUT2D eigenvalue weighted by atomic mass is 10.1. The van der Waals surface area contributed by atoms with Crippen molar-refractivity contribution in [2.45, 2.75) is 17.5 Å². The van der Waals surface area contributed by atoms with Crippen molar-refractivity contribution >= 4 is 29.1 Å². The second-order valence-corrected chi connectivity index (χ2v) is 7.50. The summed E-state index contributed by atoms with van der Waals surface area (Å²) >= 11 is 7.37. The lowest BCUT2D eigenvalue weighted by molar-refractivity contribution is -0.385. The highest BCUT2D eigenvalue weighted by Gasteiger charge is 2.22. The number of benzene rings is 2. The number of thioether (sulfide) groups is 1. The van der Waals surface area contributed by atoms with Crippen molar-refractivity contribution in [2.75, 3.05) is 6.79 Å². The van der Waals surface area contributed by atoms with E-state index in [4.69, 9.17) is 21.1 Å². The minimum absolute atomic E-state index is 0.0169. The number of halogens is 1. The van der Waals surface area contributed by atoms with Crippen LogP contribution >= 0.6 is 23.4 Å². The third-order valence-electron chi connectivity index (χ3n) is 4.28. The van der Waals surface area contributed by atoms with Gasteiger partial charge in [-0.2, -0.15) is 0 Å². The zero-order chi connectivity index (χ0) is 19.7. The molecule has 8 nitrogen and oxygen atoms in total. The molecule has 0 spiro atoms. The van der Waals surface area contributed by atoms with E-state index in [1.807, 2.05) is 23.7 Å². The van der Waals surface area contributed by atoms with Crippen LogP contribution in [0.1, 0.15) is 11.1 Å². The van der Waals surface area contributed by atoms with Gasteiger partial charge in [0.1, 0.15) is 5.75 Å². The zero-order valence-electron chi connectivity index (χ0n) is 14.8. The Morgan fingerprint density at radius 3 is 2.82 bits per heavy atom. The number of hydrogen-bond donors (Lipinski definition) is 0. The third kappa shape index (κ3) is 3.68. The molecule has 0 saturated heterocycles. The second-order valence-electron chi connectivity index (χ2n) is 6.12. The Balaban J connectivity index is 1.59. The molecular weight excluding hydrogens is 404 g/mol. The van der Waals surface area contributed by atoms with Crippen LogP contribution in [0.3, 0.4) is 0 Å². The molecule has 1 aromatic heterocycles. The quantitative estimate of drug-likeness (QED) is 0.348. The lowest BCUT2D eigenvalue weighted by Gasteiger charge is -2.20. The summed E-state index contributed by atoms with van der Waals surface area (Å²) in [5.41, 5.74) is 2.33. The summed E-state index contributed by atoms with van der Waals surface area (Å²) in [5, 5.41) is 21.1. The fourth-order valence-corrected chi connectivity index (χ4v) is 3.93. The van der Waals surface area contributed by atoms with E-state index in [-0.39, 0.29) is 12.5 Å². The van der Waals surface area contributed by atoms with Gasteiger partial charge in [0.2, 0.25) is 0 Å². The molecule has 0 aliphatic carbocycles. The summed E-state index contributed by atoms with van der Waals surface area (Å²) < 4.78 is 12.7. The Morgan fingerprint density at radius 1 is 1.29 bits per heavy atom. The van der Waals surface area contributed by atoms with Gasteiger partial charge in [0, 0.05) is 46.6 Å². The van der Waals surface area contributed by atoms with Crippen molar-refractivity contribution in [1.29, 1.82) is 0 Å². The normalized spacial score (nSPS) is 13.1. The molecule has 2 heterocycles. The average Bonchev–Trinajstić information content (AvgIpc) is 3.07. The number of non-ortho nitro benzene ring substituents is 1. The number of rotatable bonds is 5. The molecule has 0 unspecified atom stereocenters. The van der Waals surface area contributed by atoms with E-state index >= 15 is 0 Å². The van der Waals surface area contributed by atoms with E-state index in [0.29, 0.717) is 39.7 Å². The highest BCUT2D eigenvalue weighted by molar-refractivity contribution is 7.98. The number of ether oxygens (including phenoxy) is 2. The van der Waals surface area contributed by atoms with Crippen molar-refractivity contribution in [3.63, 3.8) is 0 Å². The predicted molar refractivity (Wildman–Crippen MR) is 104 cm³/mol. The van der Waals surface area contributed by atoms with Gasteiger partial charge in [-0.3, -0.25) is 10.1 Å². The Hall–Kier alpha value is -2.62. The number of nitrogens with zero attached hydrogens (tertiary/aromatic N) is 4. The largest absolute Gasteiger partial charge is 0.467 e. The first kappa shape index (κ1) is 18.7. The summed E-state index contributed by atoms with van der Waals surface area (Å²) in [4.78, 5) is 10.8. The number of hydrogen-bond acceptors (Lipinski definition) is 7. The summed E-state index contributed by atoms with van der Waals surface area (Å²) in [6.07, 6.45) is 0. The van der Waals surface area contributed by atoms with Crippen LogP contribution in [-0.4, -0.2) is 26.5 Å². The molecule has 0 amide bonds. The second kappa shape index (κ2) is 7.78. The number of aromatic nitrogens is 3. The minimum atomic E-state index is -0.413. The van der Waals surface area contributed by atoms with Crippen LogP contribution in [0.5, 0.6) is 5.75 Å². The maximum absolute atomic E-state index is 11.2. The number of nitro groups is 1. The van der Waals surface area contributed by atoms with E-state index in [1.165, 1.54) is 23.9 Å². The number of nitro benzene ring substituents is 1. The van der Waals surface area contributed by atoms with Crippen LogP contribution in [0.4, 0.5) is 5.69 Å². The maximum atomic E-state index is 11.2. The third-order valence-corrected chi connectivity index (χ3v) is 5.60. The predicted octanol–water partition coefficient (Wildman–Crippen LogP) is 4.20. The van der Waals surface area contributed by atoms with Crippen molar-refractivity contribution in [1.82, 2.24) is 14.8 Å². The molecule has 0 fully saturated rings. The minimum Gasteiger partial charge on any atom is -0.467 e. The van der Waals surface area contributed by atoms with E-state index in [2.05, 4.69) is 10.2 Å². The summed E-state index contributed by atoms with van der Waals surface area (Å²) in [6.45, 7) is 0.423. The Labute approximate surface area is 169 Å². The zero-order valence-corrected chi connectivity index (χ0v) is 16.4. The van der Waals surface area contributed by atoms with E-state index < -0.39 is 4.92 Å². The summed E-state index contributed by atoms with van der Waals surface area (Å²) in [5.74, 6) is 1.81. The van der Waals surface area contributed by atoms with E-state index in [1.54, 1.807) is 12.1 Å². The van der Waals surface area contributed by atoms with Gasteiger partial charge in [-0.1, -0.05) is 23.4 Å². The standard InChI is InChI=1S/C18H15ClN4O4S/c1-22-17(11-2-4-14(19)5-3-11)20-21-18(22)28-9-13-7-15(23(24)25)6-12-8-26-10-27-16(12)13/h2-7H,8-10H2,1H3. The molecule has 1 aliphatic heterocycles. The molecule has 28 heavy (non-hydrogen) atoms. The van der Waals surface area contributed by atoms with Crippen molar-refractivity contribution in [3.05, 3.63) is 62.7 Å². The van der Waals surface area contributed by atoms with Crippen LogP contribution in [0, 0.1) is 10.1 Å². The van der Waals surface area contributed by atoms with Gasteiger partial charge in [-0.05, 0) is 24.3 Å². The van der Waals surface area contributed by atoms with Gasteiger partial charge >= 0.3 is 0 Å². The highest BCUT2D eigenvalue weighted by atomic mass is 35.5. The Kier molecular flexibility index (Phi) is 5.21. The van der Waals surface area contributed by atoms with Crippen molar-refractivity contribution < 1.29 is 14.4 Å². The molecule has 2 aromatic carbocycles. The van der Waals surface area contributed by atoms with Gasteiger partial charge < -0.3 is 14.0 Å². The molecule has 0 bridgehead atoms. The van der Waals surface area contributed by atoms with E-state index in [9.17, 15) is 10.1 Å². The average molecular weight is 419 g/mol. The Bertz CT molecular complexity index is 1040. The molecule has 10 heteroatoms. The van der Waals surface area contributed by atoms with Crippen LogP contribution < -0.4 is 4.74 Å². The van der Waals surface area contributed by atoms with Gasteiger partial charge in [-0.25, -0.2) is 0 Å². The molecule has 0 saturated carbocycles. The van der Waals surface area contributed by atoms with E-state index in [0.717, 1.165) is 11.1 Å². The molecule has 144 valence electrons. The first-order valence-corrected chi connectivity index (χ1v) is 9.68. The Morgan fingerprint density at radius 2 is 2.07 bits per heavy atom. The van der Waals surface area contributed by atoms with Crippen molar-refractivity contribution in [2.24, 2.45) is 7.05 Å². The molecule has 0 radical (unpaired) electrons. The monoisotopic (exact) mass is 418 g/mol. The first-order chi connectivity index (χ1) is 13.5. The molecular formula is C18H15ClN4O4S. The van der Waals surface area contributed by atoms with Gasteiger partial charge in [-0.15, -0.1) is 10.2 Å². The van der Waals surface area contributed by atoms with Crippen molar-refractivity contribution in [3.8, 4) is 17.1 Å². The lowest BCUT2D eigenvalue weighted by Crippen LogP contribution is -2.13. The highest BCUT2D eigenvalue weighted by Crippen LogP contribution is 2.36. The molecule has 3 aromatic rings. The topological polar surface area (TPSA) is 92.3 Å².